The molecular weight excluding hydrogens is 364 g/mol. The van der Waals surface area contributed by atoms with Crippen molar-refractivity contribution < 1.29 is 13.2 Å². The first-order valence-electron chi connectivity index (χ1n) is 8.76. The molecule has 7 nitrogen and oxygen atoms in total. The van der Waals surface area contributed by atoms with Crippen LogP contribution >= 0.6 is 0 Å². The Hall–Kier alpha value is -2.74. The number of benzene rings is 1. The van der Waals surface area contributed by atoms with Crippen LogP contribution in [0.2, 0.25) is 0 Å². The second-order valence-electron chi connectivity index (χ2n) is 6.63. The van der Waals surface area contributed by atoms with Crippen LogP contribution in [0.3, 0.4) is 0 Å². The predicted octanol–water partition coefficient (Wildman–Crippen LogP) is 1.50. The first kappa shape index (κ1) is 19.0. The highest BCUT2D eigenvalue weighted by Gasteiger charge is 2.32. The van der Waals surface area contributed by atoms with Crippen molar-refractivity contribution in [1.29, 1.82) is 0 Å². The van der Waals surface area contributed by atoms with Crippen LogP contribution < -0.4 is 10.0 Å². The lowest BCUT2D eigenvalue weighted by molar-refractivity contribution is -0.123. The van der Waals surface area contributed by atoms with E-state index < -0.39 is 16.1 Å². The van der Waals surface area contributed by atoms with Gasteiger partial charge >= 0.3 is 0 Å². The standard InChI is InChI=1S/C19H22N4O3S/c1-13(2)17(19(24)21-12-10-14-7-5-6-11-20-14)22-18-15-8-3-4-9-16(15)27(25,26)23-18/h3-9,11,13,17H,10,12H2,1-2H3,(H,21,24)(H,22,23)/t17-/m0/s1. The van der Waals surface area contributed by atoms with Crippen molar-refractivity contribution in [3.05, 3.63) is 59.9 Å². The fourth-order valence-electron chi connectivity index (χ4n) is 2.84. The summed E-state index contributed by atoms with van der Waals surface area (Å²) in [4.78, 5) is 21.5. The van der Waals surface area contributed by atoms with Gasteiger partial charge in [-0.1, -0.05) is 32.0 Å². The molecule has 2 N–H and O–H groups in total. The average molecular weight is 386 g/mol. The molecule has 1 aromatic heterocycles. The Balaban J connectivity index is 1.74. The molecule has 0 bridgehead atoms. The normalized spacial score (nSPS) is 17.4. The van der Waals surface area contributed by atoms with Gasteiger partial charge in [0.05, 0.1) is 4.90 Å². The fourth-order valence-corrected chi connectivity index (χ4v) is 4.08. The van der Waals surface area contributed by atoms with Gasteiger partial charge in [0, 0.05) is 30.4 Å². The van der Waals surface area contributed by atoms with Gasteiger partial charge in [0.2, 0.25) is 5.91 Å². The van der Waals surface area contributed by atoms with Gasteiger partial charge in [-0.15, -0.1) is 0 Å². The minimum atomic E-state index is -3.63. The Bertz CT molecular complexity index is 956. The van der Waals surface area contributed by atoms with E-state index >= 15 is 0 Å². The Morgan fingerprint density at radius 2 is 1.93 bits per heavy atom. The number of pyridine rings is 1. The van der Waals surface area contributed by atoms with E-state index in [0.717, 1.165) is 5.69 Å². The lowest BCUT2D eigenvalue weighted by Gasteiger charge is -2.17. The fraction of sp³-hybridized carbons (Fsp3) is 0.316. The van der Waals surface area contributed by atoms with E-state index in [9.17, 15) is 13.2 Å². The van der Waals surface area contributed by atoms with Gasteiger partial charge in [-0.3, -0.25) is 19.5 Å². The molecule has 1 aromatic carbocycles. The summed E-state index contributed by atoms with van der Waals surface area (Å²) in [5.74, 6) is -0.120. The molecule has 142 valence electrons. The van der Waals surface area contributed by atoms with Crippen LogP contribution in [-0.2, 0) is 21.2 Å². The predicted molar refractivity (Wildman–Crippen MR) is 103 cm³/mol. The molecule has 2 aromatic rings. The first-order valence-corrected chi connectivity index (χ1v) is 10.2. The number of amidine groups is 1. The van der Waals surface area contributed by atoms with Crippen molar-refractivity contribution in [2.45, 2.75) is 31.2 Å². The molecule has 3 rings (SSSR count). The topological polar surface area (TPSA) is 101 Å². The number of amides is 1. The van der Waals surface area contributed by atoms with Crippen molar-refractivity contribution >= 4 is 21.8 Å². The molecule has 0 radical (unpaired) electrons. The number of nitrogens with one attached hydrogen (secondary N) is 2. The first-order chi connectivity index (χ1) is 12.9. The molecule has 0 saturated heterocycles. The summed E-state index contributed by atoms with van der Waals surface area (Å²) in [7, 11) is -3.63. The minimum absolute atomic E-state index is 0.0929. The SMILES string of the molecule is CC(C)[C@H](N=C1NS(=O)(=O)c2ccccc21)C(=O)NCCc1ccccn1. The summed E-state index contributed by atoms with van der Waals surface area (Å²) < 4.78 is 26.9. The molecule has 8 heteroatoms. The quantitative estimate of drug-likeness (QED) is 0.786. The molecule has 0 fully saturated rings. The van der Waals surface area contributed by atoms with Gasteiger partial charge in [0.1, 0.15) is 11.9 Å². The Labute approximate surface area is 159 Å². The van der Waals surface area contributed by atoms with Gasteiger partial charge < -0.3 is 5.32 Å². The third kappa shape index (κ3) is 4.33. The summed E-state index contributed by atoms with van der Waals surface area (Å²) in [6.45, 7) is 4.19. The van der Waals surface area contributed by atoms with Crippen LogP contribution in [0.15, 0.2) is 58.5 Å². The van der Waals surface area contributed by atoms with Crippen LogP contribution in [0, 0.1) is 5.92 Å². The summed E-state index contributed by atoms with van der Waals surface area (Å²) in [6.07, 6.45) is 2.33. The molecule has 2 heterocycles. The van der Waals surface area contributed by atoms with Crippen LogP contribution in [0.1, 0.15) is 25.1 Å². The number of aromatic nitrogens is 1. The van der Waals surface area contributed by atoms with Crippen LogP contribution in [0.5, 0.6) is 0 Å². The monoisotopic (exact) mass is 386 g/mol. The van der Waals surface area contributed by atoms with Crippen molar-refractivity contribution in [3.8, 4) is 0 Å². The highest BCUT2D eigenvalue weighted by Crippen LogP contribution is 2.23. The second-order valence-corrected chi connectivity index (χ2v) is 8.28. The number of hydrogen-bond donors (Lipinski definition) is 2. The van der Waals surface area contributed by atoms with E-state index in [-0.39, 0.29) is 22.6 Å². The Morgan fingerprint density at radius 1 is 1.19 bits per heavy atom. The zero-order chi connectivity index (χ0) is 19.4. The molecule has 1 aliphatic heterocycles. The largest absolute Gasteiger partial charge is 0.354 e. The highest BCUT2D eigenvalue weighted by molar-refractivity contribution is 7.90. The maximum Gasteiger partial charge on any atom is 0.263 e. The van der Waals surface area contributed by atoms with Crippen LogP contribution in [0.25, 0.3) is 0 Å². The van der Waals surface area contributed by atoms with E-state index in [2.05, 4.69) is 20.0 Å². The van der Waals surface area contributed by atoms with Gasteiger partial charge in [0.25, 0.3) is 10.0 Å². The van der Waals surface area contributed by atoms with Crippen LogP contribution in [0.4, 0.5) is 0 Å². The number of carbonyl (C=O) groups is 1. The number of carbonyl (C=O) groups excluding carboxylic acids is 1. The molecular formula is C19H22N4O3S. The molecule has 1 aliphatic rings. The van der Waals surface area contributed by atoms with E-state index in [1.807, 2.05) is 32.0 Å². The third-order valence-corrected chi connectivity index (χ3v) is 5.63. The zero-order valence-electron chi connectivity index (χ0n) is 15.2. The van der Waals surface area contributed by atoms with E-state index in [1.165, 1.54) is 6.07 Å². The molecule has 0 unspecified atom stereocenters. The number of rotatable bonds is 6. The second kappa shape index (κ2) is 7.87. The molecule has 1 amide bonds. The number of fused-ring (bicyclic) bond motifs is 1. The van der Waals surface area contributed by atoms with Crippen molar-refractivity contribution in [1.82, 2.24) is 15.0 Å². The Kier molecular flexibility index (Phi) is 5.55. The van der Waals surface area contributed by atoms with E-state index in [1.54, 1.807) is 24.4 Å². The summed E-state index contributed by atoms with van der Waals surface area (Å²) >= 11 is 0. The van der Waals surface area contributed by atoms with Gasteiger partial charge in [-0.2, -0.15) is 0 Å². The smallest absolute Gasteiger partial charge is 0.263 e. The van der Waals surface area contributed by atoms with Crippen molar-refractivity contribution in [2.24, 2.45) is 10.9 Å². The summed E-state index contributed by atoms with van der Waals surface area (Å²) in [5.41, 5.74) is 1.38. The third-order valence-electron chi connectivity index (χ3n) is 4.24. The number of nitrogens with zero attached hydrogens (tertiary/aromatic N) is 2. The highest BCUT2D eigenvalue weighted by atomic mass is 32.2. The molecule has 27 heavy (non-hydrogen) atoms. The number of hydrogen-bond acceptors (Lipinski definition) is 5. The summed E-state index contributed by atoms with van der Waals surface area (Å²) in [6, 6.07) is 11.6. The van der Waals surface area contributed by atoms with Gasteiger partial charge in [-0.05, 0) is 30.2 Å². The van der Waals surface area contributed by atoms with Crippen molar-refractivity contribution in [2.75, 3.05) is 6.54 Å². The summed E-state index contributed by atoms with van der Waals surface area (Å²) in [5, 5.41) is 2.87. The molecule has 0 aliphatic carbocycles. The number of sulfonamides is 1. The van der Waals surface area contributed by atoms with E-state index in [0.29, 0.717) is 18.5 Å². The van der Waals surface area contributed by atoms with Crippen molar-refractivity contribution in [3.63, 3.8) is 0 Å². The average Bonchev–Trinajstić information content (AvgIpc) is 2.91. The lowest BCUT2D eigenvalue weighted by Crippen LogP contribution is -2.39. The molecule has 0 saturated carbocycles. The zero-order valence-corrected chi connectivity index (χ0v) is 16.0. The number of aliphatic imine (C=N–C) groups is 1. The Morgan fingerprint density at radius 3 is 2.63 bits per heavy atom. The molecule has 0 spiro atoms. The molecule has 1 atom stereocenters. The minimum Gasteiger partial charge on any atom is -0.354 e. The van der Waals surface area contributed by atoms with Crippen LogP contribution in [-0.4, -0.2) is 37.7 Å². The van der Waals surface area contributed by atoms with Gasteiger partial charge in [-0.25, -0.2) is 8.42 Å². The maximum atomic E-state index is 12.6. The maximum absolute atomic E-state index is 12.6. The lowest BCUT2D eigenvalue weighted by atomic mass is 10.0. The van der Waals surface area contributed by atoms with Gasteiger partial charge in [0.15, 0.2) is 0 Å². The van der Waals surface area contributed by atoms with E-state index in [4.69, 9.17) is 0 Å².